The van der Waals surface area contributed by atoms with Gasteiger partial charge in [-0.25, -0.2) is 14.8 Å². The maximum Gasteiger partial charge on any atom is 0.356 e. The van der Waals surface area contributed by atoms with Crippen molar-refractivity contribution in [2.24, 2.45) is 11.8 Å². The normalized spacial score (nSPS) is 17.0. The Kier molecular flexibility index (Phi) is 12.7. The van der Waals surface area contributed by atoms with Gasteiger partial charge in [-0.05, 0) is 86.4 Å². The average molecular weight is 543 g/mol. The van der Waals surface area contributed by atoms with E-state index < -0.39 is 11.6 Å². The third-order valence-electron chi connectivity index (χ3n) is 5.63. The predicted octanol–water partition coefficient (Wildman–Crippen LogP) is 3.57. The quantitative estimate of drug-likeness (QED) is 0.446. The van der Waals surface area contributed by atoms with Crippen molar-refractivity contribution in [3.8, 4) is 0 Å². The number of anilines is 1. The highest BCUT2D eigenvalue weighted by atomic mass is 35.5. The SMILES string of the molecule is CC(C)(C)OC(=O)C1CCNCC1.COC(=O)c1ccnc(N2CCC(C(=O)OC(C)(C)C)CC2)n1.Cl. The van der Waals surface area contributed by atoms with Crippen LogP contribution in [0.25, 0.3) is 0 Å². The van der Waals surface area contributed by atoms with E-state index >= 15 is 0 Å². The van der Waals surface area contributed by atoms with Gasteiger partial charge in [0.1, 0.15) is 11.2 Å². The summed E-state index contributed by atoms with van der Waals surface area (Å²) in [7, 11) is 1.32. The van der Waals surface area contributed by atoms with Crippen LogP contribution < -0.4 is 10.2 Å². The number of ether oxygens (including phenoxy) is 3. The van der Waals surface area contributed by atoms with Gasteiger partial charge in [-0.15, -0.1) is 12.4 Å². The van der Waals surface area contributed by atoms with Crippen molar-refractivity contribution in [1.82, 2.24) is 15.3 Å². The highest BCUT2D eigenvalue weighted by molar-refractivity contribution is 5.87. The monoisotopic (exact) mass is 542 g/mol. The molecule has 0 spiro atoms. The van der Waals surface area contributed by atoms with Crippen LogP contribution in [0.1, 0.15) is 77.7 Å². The lowest BCUT2D eigenvalue weighted by Gasteiger charge is -2.32. The van der Waals surface area contributed by atoms with Crippen molar-refractivity contribution in [2.45, 2.75) is 78.4 Å². The molecule has 1 aromatic rings. The van der Waals surface area contributed by atoms with Crippen molar-refractivity contribution in [1.29, 1.82) is 0 Å². The fraction of sp³-hybridized carbons (Fsp3) is 0.731. The molecule has 2 saturated heterocycles. The number of hydrogen-bond donors (Lipinski definition) is 1. The smallest absolute Gasteiger partial charge is 0.356 e. The summed E-state index contributed by atoms with van der Waals surface area (Å²) >= 11 is 0. The number of carbonyl (C=O) groups is 3. The van der Waals surface area contributed by atoms with Crippen LogP contribution in [-0.4, -0.2) is 72.4 Å². The van der Waals surface area contributed by atoms with Gasteiger partial charge in [0.2, 0.25) is 5.95 Å². The predicted molar refractivity (Wildman–Crippen MR) is 143 cm³/mol. The van der Waals surface area contributed by atoms with Gasteiger partial charge < -0.3 is 24.4 Å². The van der Waals surface area contributed by atoms with Gasteiger partial charge in [0.15, 0.2) is 5.69 Å². The zero-order valence-corrected chi connectivity index (χ0v) is 24.0. The molecule has 0 atom stereocenters. The molecule has 0 radical (unpaired) electrons. The molecule has 0 unspecified atom stereocenters. The molecule has 2 aliphatic heterocycles. The molecule has 0 saturated carbocycles. The zero-order chi connectivity index (χ0) is 26.9. The highest BCUT2D eigenvalue weighted by Crippen LogP contribution is 2.24. The molecule has 0 amide bonds. The second kappa shape index (κ2) is 14.5. The molecular formula is C26H43ClN4O6. The van der Waals surface area contributed by atoms with Gasteiger partial charge in [0.05, 0.1) is 18.9 Å². The molecule has 0 aromatic carbocycles. The number of nitrogens with zero attached hydrogens (tertiary/aromatic N) is 3. The molecule has 11 heteroatoms. The van der Waals surface area contributed by atoms with Gasteiger partial charge in [-0.1, -0.05) is 0 Å². The number of piperidine rings is 2. The van der Waals surface area contributed by atoms with E-state index in [-0.39, 0.29) is 47.5 Å². The van der Waals surface area contributed by atoms with E-state index in [1.165, 1.54) is 19.4 Å². The average Bonchev–Trinajstić information content (AvgIpc) is 2.82. The molecule has 0 bridgehead atoms. The molecule has 3 rings (SSSR count). The molecule has 210 valence electrons. The van der Waals surface area contributed by atoms with Gasteiger partial charge in [0, 0.05) is 19.3 Å². The zero-order valence-electron chi connectivity index (χ0n) is 23.2. The largest absolute Gasteiger partial charge is 0.464 e. The number of halogens is 1. The molecule has 2 fully saturated rings. The number of hydrogen-bond acceptors (Lipinski definition) is 10. The molecule has 1 N–H and O–H groups in total. The van der Waals surface area contributed by atoms with Crippen molar-refractivity contribution in [3.63, 3.8) is 0 Å². The van der Waals surface area contributed by atoms with Crippen LogP contribution in [0.2, 0.25) is 0 Å². The molecule has 0 aliphatic carbocycles. The van der Waals surface area contributed by atoms with Crippen molar-refractivity contribution < 1.29 is 28.6 Å². The van der Waals surface area contributed by atoms with Gasteiger partial charge in [-0.3, -0.25) is 9.59 Å². The van der Waals surface area contributed by atoms with E-state index in [0.717, 1.165) is 25.9 Å². The minimum Gasteiger partial charge on any atom is -0.464 e. The van der Waals surface area contributed by atoms with E-state index in [0.29, 0.717) is 31.9 Å². The van der Waals surface area contributed by atoms with Crippen LogP contribution >= 0.6 is 12.4 Å². The number of rotatable bonds is 4. The summed E-state index contributed by atoms with van der Waals surface area (Å²) in [5, 5.41) is 3.22. The molecule has 37 heavy (non-hydrogen) atoms. The van der Waals surface area contributed by atoms with E-state index in [2.05, 4.69) is 20.0 Å². The summed E-state index contributed by atoms with van der Waals surface area (Å²) < 4.78 is 15.4. The Morgan fingerprint density at radius 3 is 1.84 bits per heavy atom. The summed E-state index contributed by atoms with van der Waals surface area (Å²) in [5.74, 6) is -0.182. The first-order valence-electron chi connectivity index (χ1n) is 12.6. The Morgan fingerprint density at radius 1 is 0.892 bits per heavy atom. The Bertz CT molecular complexity index is 886. The van der Waals surface area contributed by atoms with Crippen LogP contribution in [0.15, 0.2) is 12.3 Å². The van der Waals surface area contributed by atoms with Crippen molar-refractivity contribution in [2.75, 3.05) is 38.2 Å². The summed E-state index contributed by atoms with van der Waals surface area (Å²) in [4.78, 5) is 45.6. The Morgan fingerprint density at radius 2 is 1.38 bits per heavy atom. The minimum atomic E-state index is -0.489. The lowest BCUT2D eigenvalue weighted by molar-refractivity contribution is -0.161. The highest BCUT2D eigenvalue weighted by Gasteiger charge is 2.30. The summed E-state index contributed by atoms with van der Waals surface area (Å²) in [5.41, 5.74) is -0.583. The number of methoxy groups -OCH3 is 1. The first-order valence-corrected chi connectivity index (χ1v) is 12.6. The maximum absolute atomic E-state index is 12.1. The number of carbonyl (C=O) groups excluding carboxylic acids is 3. The van der Waals surface area contributed by atoms with Crippen molar-refractivity contribution in [3.05, 3.63) is 18.0 Å². The summed E-state index contributed by atoms with van der Waals surface area (Å²) in [6, 6.07) is 1.52. The molecule has 1 aromatic heterocycles. The third-order valence-corrected chi connectivity index (χ3v) is 5.63. The summed E-state index contributed by atoms with van der Waals surface area (Å²) in [6.07, 6.45) is 4.72. The van der Waals surface area contributed by atoms with E-state index in [4.69, 9.17) is 9.47 Å². The molecule has 2 aliphatic rings. The van der Waals surface area contributed by atoms with Gasteiger partial charge in [-0.2, -0.15) is 0 Å². The van der Waals surface area contributed by atoms with Crippen molar-refractivity contribution >= 4 is 36.3 Å². The second-order valence-corrected chi connectivity index (χ2v) is 11.1. The number of nitrogens with one attached hydrogen (secondary N) is 1. The lowest BCUT2D eigenvalue weighted by Crippen LogP contribution is -2.39. The first-order chi connectivity index (χ1) is 16.8. The van der Waals surface area contributed by atoms with Crippen LogP contribution in [0.4, 0.5) is 5.95 Å². The Hall–Kier alpha value is -2.46. The van der Waals surface area contributed by atoms with Gasteiger partial charge >= 0.3 is 17.9 Å². The third kappa shape index (κ3) is 11.6. The van der Waals surface area contributed by atoms with E-state index in [1.54, 1.807) is 0 Å². The van der Waals surface area contributed by atoms with Crippen LogP contribution in [-0.2, 0) is 23.8 Å². The van der Waals surface area contributed by atoms with E-state index in [9.17, 15) is 14.4 Å². The Balaban J connectivity index is 0.000000417. The lowest BCUT2D eigenvalue weighted by atomic mass is 9.97. The topological polar surface area (TPSA) is 120 Å². The van der Waals surface area contributed by atoms with Crippen LogP contribution in [0.3, 0.4) is 0 Å². The maximum atomic E-state index is 12.1. The second-order valence-electron chi connectivity index (χ2n) is 11.1. The molecule has 10 nitrogen and oxygen atoms in total. The Labute approximate surface area is 226 Å². The van der Waals surface area contributed by atoms with E-state index in [1.807, 2.05) is 46.4 Å². The fourth-order valence-corrected chi connectivity index (χ4v) is 3.86. The number of esters is 3. The first kappa shape index (κ1) is 32.6. The minimum absolute atomic E-state index is 0. The van der Waals surface area contributed by atoms with Crippen LogP contribution in [0.5, 0.6) is 0 Å². The van der Waals surface area contributed by atoms with Crippen LogP contribution in [0, 0.1) is 11.8 Å². The molecule has 3 heterocycles. The standard InChI is InChI=1S/C16H23N3O4.C10H19NO2.ClH/c1-16(2,3)23-13(20)11-6-9-19(10-7-11)15-17-8-5-12(18-15)14(21)22-4;1-10(2,3)13-9(12)8-4-6-11-7-5-8;/h5,8,11H,6-7,9-10H2,1-4H3;8,11H,4-7H2,1-3H3;1H. The molecular weight excluding hydrogens is 500 g/mol. The fourth-order valence-electron chi connectivity index (χ4n) is 3.86. The van der Waals surface area contributed by atoms with Gasteiger partial charge in [0.25, 0.3) is 0 Å². The summed E-state index contributed by atoms with van der Waals surface area (Å²) in [6.45, 7) is 14.5. The number of aromatic nitrogens is 2.